The van der Waals surface area contributed by atoms with Gasteiger partial charge in [-0.15, -0.1) is 0 Å². The van der Waals surface area contributed by atoms with Gasteiger partial charge in [-0.1, -0.05) is 139 Å². The lowest BCUT2D eigenvalue weighted by Gasteiger charge is -2.42. The van der Waals surface area contributed by atoms with Crippen LogP contribution in [0.4, 0.5) is 0 Å². The summed E-state index contributed by atoms with van der Waals surface area (Å²) in [4.78, 5) is 11.9. The number of nitrogens with zero attached hydrogens (tertiary/aromatic N) is 2. The Kier molecular flexibility index (Phi) is 5.69. The number of fused-ring (bicyclic) bond motifs is 10. The van der Waals surface area contributed by atoms with E-state index >= 15 is 0 Å². The van der Waals surface area contributed by atoms with E-state index in [2.05, 4.69) is 151 Å². The predicted molar refractivity (Wildman–Crippen MR) is 180 cm³/mol. The van der Waals surface area contributed by atoms with Crippen LogP contribution in [-0.4, -0.2) is 9.97 Å². The first kappa shape index (κ1) is 25.3. The van der Waals surface area contributed by atoms with Gasteiger partial charge in [0.05, 0.1) is 11.1 Å². The molecule has 6 aromatic carbocycles. The molecule has 0 bridgehead atoms. The third kappa shape index (κ3) is 3.57. The molecule has 7 aromatic rings. The summed E-state index contributed by atoms with van der Waals surface area (Å²) in [5.74, 6) is 0. The average molecular weight is 579 g/mol. The van der Waals surface area contributed by atoms with Crippen molar-refractivity contribution in [2.24, 2.45) is 0 Å². The highest BCUT2D eigenvalue weighted by Crippen LogP contribution is 2.57. The highest BCUT2D eigenvalue weighted by atomic mass is 32.2. The van der Waals surface area contributed by atoms with Gasteiger partial charge < -0.3 is 0 Å². The summed E-state index contributed by atoms with van der Waals surface area (Å²) in [6.07, 6.45) is 3.62. The van der Waals surface area contributed by atoms with Crippen molar-refractivity contribution in [3.63, 3.8) is 0 Å². The molecule has 1 aliphatic heterocycles. The van der Waals surface area contributed by atoms with E-state index in [1.165, 1.54) is 54.3 Å². The van der Waals surface area contributed by atoms with Gasteiger partial charge in [0.15, 0.2) is 0 Å². The lowest BCUT2D eigenvalue weighted by atomic mass is 9.64. The molecule has 0 saturated heterocycles. The van der Waals surface area contributed by atoms with Crippen molar-refractivity contribution < 1.29 is 0 Å². The minimum Gasteiger partial charge on any atom is -0.244 e. The molecule has 0 saturated carbocycles. The number of aromatic nitrogens is 2. The first-order valence-electron chi connectivity index (χ1n) is 14.9. The van der Waals surface area contributed by atoms with Gasteiger partial charge in [0.25, 0.3) is 0 Å². The summed E-state index contributed by atoms with van der Waals surface area (Å²) in [6, 6.07) is 53.4. The van der Waals surface area contributed by atoms with Gasteiger partial charge in [-0.2, -0.15) is 0 Å². The first-order valence-corrected chi connectivity index (χ1v) is 15.7. The number of benzene rings is 6. The molecule has 0 atom stereocenters. The number of hydrogen-bond donors (Lipinski definition) is 0. The Labute approximate surface area is 261 Å². The molecular weight excluding hydrogens is 553 g/mol. The van der Waals surface area contributed by atoms with Gasteiger partial charge in [-0.3, -0.25) is 0 Å². The Morgan fingerprint density at radius 2 is 0.977 bits per heavy atom. The fourth-order valence-corrected chi connectivity index (χ4v) is 8.52. The SMILES string of the molecule is c1ccc(C2(c3ccc4c(c3)-c3ccccc3-c3cncnc3-c3ccccc3-4)c3ccccc3Sc3ccccc32)cc1. The molecule has 9 rings (SSSR count). The Hall–Kier alpha value is -5.25. The smallest absolute Gasteiger partial charge is 0.116 e. The second-order valence-corrected chi connectivity index (χ2v) is 12.4. The van der Waals surface area contributed by atoms with E-state index in [0.29, 0.717) is 0 Å². The predicted octanol–water partition coefficient (Wildman–Crippen LogP) is 10.3. The molecule has 206 valence electrons. The van der Waals surface area contributed by atoms with Gasteiger partial charge in [0.1, 0.15) is 6.33 Å². The van der Waals surface area contributed by atoms with Crippen LogP contribution in [0.2, 0.25) is 0 Å². The van der Waals surface area contributed by atoms with Crippen molar-refractivity contribution in [2.75, 3.05) is 0 Å². The summed E-state index contributed by atoms with van der Waals surface area (Å²) in [5.41, 5.74) is 13.7. The zero-order valence-corrected chi connectivity index (χ0v) is 24.6. The van der Waals surface area contributed by atoms with Gasteiger partial charge in [0.2, 0.25) is 0 Å². The van der Waals surface area contributed by atoms with E-state index in [9.17, 15) is 0 Å². The monoisotopic (exact) mass is 578 g/mol. The maximum absolute atomic E-state index is 4.81. The summed E-state index contributed by atoms with van der Waals surface area (Å²) < 4.78 is 0. The molecule has 2 heterocycles. The molecule has 1 aliphatic carbocycles. The molecule has 2 aliphatic rings. The molecule has 44 heavy (non-hydrogen) atoms. The fourth-order valence-electron chi connectivity index (χ4n) is 7.33. The van der Waals surface area contributed by atoms with Gasteiger partial charge in [-0.05, 0) is 68.3 Å². The van der Waals surface area contributed by atoms with Crippen molar-refractivity contribution in [2.45, 2.75) is 15.2 Å². The molecule has 0 unspecified atom stereocenters. The fraction of sp³-hybridized carbons (Fsp3) is 0.0244. The van der Waals surface area contributed by atoms with Crippen LogP contribution >= 0.6 is 11.8 Å². The van der Waals surface area contributed by atoms with Crippen molar-refractivity contribution >= 4 is 11.8 Å². The van der Waals surface area contributed by atoms with Crippen LogP contribution in [0.25, 0.3) is 44.6 Å². The van der Waals surface area contributed by atoms with E-state index in [1.807, 2.05) is 18.0 Å². The summed E-state index contributed by atoms with van der Waals surface area (Å²) in [7, 11) is 0. The van der Waals surface area contributed by atoms with Crippen molar-refractivity contribution in [1.29, 1.82) is 0 Å². The zero-order chi connectivity index (χ0) is 29.1. The lowest BCUT2D eigenvalue weighted by Crippen LogP contribution is -2.34. The molecule has 0 amide bonds. The molecule has 0 spiro atoms. The maximum atomic E-state index is 4.81. The van der Waals surface area contributed by atoms with Gasteiger partial charge in [0, 0.05) is 27.1 Å². The molecule has 0 N–H and O–H groups in total. The van der Waals surface area contributed by atoms with Crippen LogP contribution in [0.1, 0.15) is 22.3 Å². The average Bonchev–Trinajstić information content (AvgIpc) is 3.10. The summed E-state index contributed by atoms with van der Waals surface area (Å²) >= 11 is 1.87. The van der Waals surface area contributed by atoms with Crippen LogP contribution in [0.15, 0.2) is 168 Å². The van der Waals surface area contributed by atoms with E-state index in [4.69, 9.17) is 4.98 Å². The zero-order valence-electron chi connectivity index (χ0n) is 23.8. The molecule has 2 nitrogen and oxygen atoms in total. The maximum Gasteiger partial charge on any atom is 0.116 e. The number of hydrogen-bond acceptors (Lipinski definition) is 3. The van der Waals surface area contributed by atoms with Crippen molar-refractivity contribution in [3.05, 3.63) is 180 Å². The third-order valence-electron chi connectivity index (χ3n) is 9.15. The van der Waals surface area contributed by atoms with Crippen LogP contribution in [0.3, 0.4) is 0 Å². The first-order chi connectivity index (χ1) is 21.8. The van der Waals surface area contributed by atoms with Crippen LogP contribution < -0.4 is 0 Å². The van der Waals surface area contributed by atoms with Crippen LogP contribution in [0, 0.1) is 0 Å². The second-order valence-electron chi connectivity index (χ2n) is 11.3. The van der Waals surface area contributed by atoms with Crippen molar-refractivity contribution in [1.82, 2.24) is 9.97 Å². The Bertz CT molecular complexity index is 2170. The van der Waals surface area contributed by atoms with E-state index < -0.39 is 5.41 Å². The highest BCUT2D eigenvalue weighted by Gasteiger charge is 2.44. The topological polar surface area (TPSA) is 25.8 Å². The quantitative estimate of drug-likeness (QED) is 0.204. The lowest BCUT2D eigenvalue weighted by molar-refractivity contribution is 0.703. The van der Waals surface area contributed by atoms with Crippen molar-refractivity contribution in [3.8, 4) is 44.6 Å². The number of rotatable bonds is 2. The Morgan fingerprint density at radius 3 is 1.68 bits per heavy atom. The van der Waals surface area contributed by atoms with E-state index in [0.717, 1.165) is 22.4 Å². The Morgan fingerprint density at radius 1 is 0.432 bits per heavy atom. The summed E-state index contributed by atoms with van der Waals surface area (Å²) in [6.45, 7) is 0. The minimum atomic E-state index is -0.493. The summed E-state index contributed by atoms with van der Waals surface area (Å²) in [5, 5.41) is 0. The normalized spacial score (nSPS) is 13.5. The van der Waals surface area contributed by atoms with Crippen LogP contribution in [-0.2, 0) is 5.41 Å². The van der Waals surface area contributed by atoms with Gasteiger partial charge in [-0.25, -0.2) is 9.97 Å². The van der Waals surface area contributed by atoms with E-state index in [-0.39, 0.29) is 0 Å². The largest absolute Gasteiger partial charge is 0.244 e. The molecule has 0 radical (unpaired) electrons. The molecule has 1 aromatic heterocycles. The molecule has 0 fully saturated rings. The third-order valence-corrected chi connectivity index (χ3v) is 10.3. The molecule has 3 heteroatoms. The minimum absolute atomic E-state index is 0.493. The Balaban J connectivity index is 1.43. The standard InChI is InChI=1S/C41H26N2S/c1-2-12-27(13-3-1)41(36-18-8-10-20-38(36)44-39-21-11-9-19-37(39)41)28-22-23-32-29-14-6-7-17-33(29)40-35(25-42-26-43-40)31-16-5-4-15-30(31)34(32)24-28/h1-26H. The van der Waals surface area contributed by atoms with Crippen LogP contribution in [0.5, 0.6) is 0 Å². The van der Waals surface area contributed by atoms with E-state index in [1.54, 1.807) is 6.33 Å². The highest BCUT2D eigenvalue weighted by molar-refractivity contribution is 7.99. The van der Waals surface area contributed by atoms with Gasteiger partial charge >= 0.3 is 0 Å². The second kappa shape index (κ2) is 9.90. The molecular formula is C41H26N2S.